The van der Waals surface area contributed by atoms with Crippen LogP contribution >= 0.6 is 0 Å². The fourth-order valence-electron chi connectivity index (χ4n) is 3.92. The molecule has 3 aromatic rings. The zero-order chi connectivity index (χ0) is 24.3. The van der Waals surface area contributed by atoms with Crippen molar-refractivity contribution in [1.29, 1.82) is 0 Å². The van der Waals surface area contributed by atoms with E-state index in [-0.39, 0.29) is 18.5 Å². The first kappa shape index (κ1) is 24.5. The third-order valence-corrected chi connectivity index (χ3v) is 7.07. The Morgan fingerprint density at radius 3 is 2.15 bits per heavy atom. The Hall–Kier alpha value is -3.12. The SMILES string of the molecule is Cc1cccc(N(Cc2ccc(C(=O)N[C@H](C)c3cc(C)c(C)cc3C)cc2)S(C)(=O)=O)c1. The minimum atomic E-state index is -3.46. The molecule has 0 heterocycles. The average Bonchev–Trinajstić information content (AvgIpc) is 2.74. The Balaban J connectivity index is 1.75. The summed E-state index contributed by atoms with van der Waals surface area (Å²) in [5, 5.41) is 3.07. The second-order valence-corrected chi connectivity index (χ2v) is 10.7. The largest absolute Gasteiger partial charge is 0.346 e. The molecule has 0 bridgehead atoms. The normalized spacial score (nSPS) is 12.3. The van der Waals surface area contributed by atoms with Crippen molar-refractivity contribution in [2.24, 2.45) is 0 Å². The molecule has 0 unspecified atom stereocenters. The molecule has 0 saturated carbocycles. The van der Waals surface area contributed by atoms with Crippen LogP contribution in [0.5, 0.6) is 0 Å². The van der Waals surface area contributed by atoms with Crippen molar-refractivity contribution in [3.63, 3.8) is 0 Å². The Labute approximate surface area is 197 Å². The standard InChI is InChI=1S/C27H32N2O3S/c1-18-8-7-9-25(14-18)29(33(6,31)32)17-23-10-12-24(13-11-23)27(30)28-22(5)26-16-20(3)19(2)15-21(26)4/h7-16,22H,17H2,1-6H3,(H,28,30)/t22-/m1/s1. The average molecular weight is 465 g/mol. The highest BCUT2D eigenvalue weighted by Gasteiger charge is 2.19. The van der Waals surface area contributed by atoms with Crippen LogP contribution in [0.15, 0.2) is 60.7 Å². The van der Waals surface area contributed by atoms with Crippen molar-refractivity contribution in [3.05, 3.63) is 99.6 Å². The smallest absolute Gasteiger partial charge is 0.251 e. The molecule has 174 valence electrons. The predicted octanol–water partition coefficient (Wildman–Crippen LogP) is 5.38. The van der Waals surface area contributed by atoms with E-state index < -0.39 is 10.0 Å². The quantitative estimate of drug-likeness (QED) is 0.511. The molecule has 5 nitrogen and oxygen atoms in total. The van der Waals surface area contributed by atoms with Crippen molar-refractivity contribution >= 4 is 21.6 Å². The molecule has 0 aromatic heterocycles. The van der Waals surface area contributed by atoms with Gasteiger partial charge in [0.25, 0.3) is 5.91 Å². The molecule has 3 rings (SSSR count). The van der Waals surface area contributed by atoms with Crippen LogP contribution in [-0.2, 0) is 16.6 Å². The molecule has 0 aliphatic rings. The van der Waals surface area contributed by atoms with Gasteiger partial charge in [0, 0.05) is 5.56 Å². The van der Waals surface area contributed by atoms with Gasteiger partial charge in [-0.1, -0.05) is 36.4 Å². The molecule has 0 radical (unpaired) electrons. The van der Waals surface area contributed by atoms with Crippen molar-refractivity contribution in [2.75, 3.05) is 10.6 Å². The number of amides is 1. The lowest BCUT2D eigenvalue weighted by molar-refractivity contribution is 0.0940. The van der Waals surface area contributed by atoms with Gasteiger partial charge in [0.2, 0.25) is 10.0 Å². The highest BCUT2D eigenvalue weighted by molar-refractivity contribution is 7.92. The molecule has 0 fully saturated rings. The number of nitrogens with zero attached hydrogens (tertiary/aromatic N) is 1. The third kappa shape index (κ3) is 6.02. The number of hydrogen-bond acceptors (Lipinski definition) is 3. The Bertz CT molecular complexity index is 1270. The van der Waals surface area contributed by atoms with E-state index in [9.17, 15) is 13.2 Å². The van der Waals surface area contributed by atoms with E-state index >= 15 is 0 Å². The van der Waals surface area contributed by atoms with Crippen LogP contribution in [-0.4, -0.2) is 20.6 Å². The first-order valence-electron chi connectivity index (χ1n) is 11.0. The third-order valence-electron chi connectivity index (χ3n) is 5.93. The minimum absolute atomic E-state index is 0.126. The van der Waals surface area contributed by atoms with Crippen LogP contribution in [0.3, 0.4) is 0 Å². The predicted molar refractivity (Wildman–Crippen MR) is 135 cm³/mol. The van der Waals surface area contributed by atoms with Crippen LogP contribution < -0.4 is 9.62 Å². The molecule has 3 aromatic carbocycles. The van der Waals surface area contributed by atoms with E-state index in [0.717, 1.165) is 22.3 Å². The van der Waals surface area contributed by atoms with E-state index in [4.69, 9.17) is 0 Å². The monoisotopic (exact) mass is 464 g/mol. The van der Waals surface area contributed by atoms with Gasteiger partial charge in [0.1, 0.15) is 0 Å². The van der Waals surface area contributed by atoms with Crippen LogP contribution in [0.4, 0.5) is 5.69 Å². The summed E-state index contributed by atoms with van der Waals surface area (Å²) in [6.07, 6.45) is 1.20. The summed E-state index contributed by atoms with van der Waals surface area (Å²) in [5.41, 5.74) is 7.64. The summed E-state index contributed by atoms with van der Waals surface area (Å²) in [7, 11) is -3.46. The van der Waals surface area contributed by atoms with E-state index in [1.54, 1.807) is 30.3 Å². The number of rotatable bonds is 7. The Morgan fingerprint density at radius 1 is 0.909 bits per heavy atom. The van der Waals surface area contributed by atoms with Gasteiger partial charge in [0.05, 0.1) is 24.5 Å². The Kier molecular flexibility index (Phi) is 7.28. The lowest BCUT2D eigenvalue weighted by Crippen LogP contribution is -2.29. The van der Waals surface area contributed by atoms with Gasteiger partial charge in [-0.2, -0.15) is 0 Å². The zero-order valence-electron chi connectivity index (χ0n) is 20.1. The molecular formula is C27H32N2O3S. The molecular weight excluding hydrogens is 432 g/mol. The van der Waals surface area contributed by atoms with Crippen LogP contribution in [0.25, 0.3) is 0 Å². The highest BCUT2D eigenvalue weighted by atomic mass is 32.2. The van der Waals surface area contributed by atoms with E-state index in [1.807, 2.05) is 32.0 Å². The number of hydrogen-bond donors (Lipinski definition) is 1. The highest BCUT2D eigenvalue weighted by Crippen LogP contribution is 2.23. The molecule has 0 aliphatic heterocycles. The molecule has 33 heavy (non-hydrogen) atoms. The molecule has 0 aliphatic carbocycles. The van der Waals surface area contributed by atoms with Gasteiger partial charge >= 0.3 is 0 Å². The first-order chi connectivity index (χ1) is 15.5. The number of aryl methyl sites for hydroxylation is 4. The second kappa shape index (κ2) is 9.79. The van der Waals surface area contributed by atoms with Gasteiger partial charge in [-0.15, -0.1) is 0 Å². The van der Waals surface area contributed by atoms with E-state index in [2.05, 4.69) is 38.2 Å². The summed E-state index contributed by atoms with van der Waals surface area (Å²) in [4.78, 5) is 12.8. The van der Waals surface area contributed by atoms with Crippen LogP contribution in [0.1, 0.15) is 56.7 Å². The topological polar surface area (TPSA) is 66.5 Å². The lowest BCUT2D eigenvalue weighted by Gasteiger charge is -2.23. The maximum atomic E-state index is 12.8. The number of carbonyl (C=O) groups excluding carboxylic acids is 1. The van der Waals surface area contributed by atoms with Gasteiger partial charge in [0.15, 0.2) is 0 Å². The fourth-order valence-corrected chi connectivity index (χ4v) is 4.80. The van der Waals surface area contributed by atoms with Crippen molar-refractivity contribution in [1.82, 2.24) is 5.32 Å². The van der Waals surface area contributed by atoms with E-state index in [0.29, 0.717) is 11.3 Å². The molecule has 6 heteroatoms. The summed E-state index contributed by atoms with van der Waals surface area (Å²) in [5.74, 6) is -0.162. The van der Waals surface area contributed by atoms with Crippen molar-refractivity contribution in [3.8, 4) is 0 Å². The van der Waals surface area contributed by atoms with Crippen LogP contribution in [0.2, 0.25) is 0 Å². The van der Waals surface area contributed by atoms with Gasteiger partial charge in [-0.3, -0.25) is 9.10 Å². The zero-order valence-corrected chi connectivity index (χ0v) is 21.0. The number of anilines is 1. The maximum Gasteiger partial charge on any atom is 0.251 e. The number of benzene rings is 3. The molecule has 0 spiro atoms. The second-order valence-electron chi connectivity index (χ2n) is 8.79. The van der Waals surface area contributed by atoms with Crippen molar-refractivity contribution in [2.45, 2.75) is 47.2 Å². The first-order valence-corrected chi connectivity index (χ1v) is 12.8. The van der Waals surface area contributed by atoms with Gasteiger partial charge < -0.3 is 5.32 Å². The lowest BCUT2D eigenvalue weighted by atomic mass is 9.96. The van der Waals surface area contributed by atoms with Crippen molar-refractivity contribution < 1.29 is 13.2 Å². The summed E-state index contributed by atoms with van der Waals surface area (Å²) in [6.45, 7) is 10.3. The van der Waals surface area contributed by atoms with Crippen LogP contribution in [0, 0.1) is 27.7 Å². The van der Waals surface area contributed by atoms with Gasteiger partial charge in [-0.05, 0) is 92.3 Å². The van der Waals surface area contributed by atoms with E-state index in [1.165, 1.54) is 21.7 Å². The molecule has 1 amide bonds. The summed E-state index contributed by atoms with van der Waals surface area (Å²) in [6, 6.07) is 18.6. The number of carbonyl (C=O) groups is 1. The molecule has 1 N–H and O–H groups in total. The number of nitrogens with one attached hydrogen (secondary N) is 1. The van der Waals surface area contributed by atoms with Gasteiger partial charge in [-0.25, -0.2) is 8.42 Å². The molecule has 0 saturated heterocycles. The summed E-state index contributed by atoms with van der Waals surface area (Å²) >= 11 is 0. The molecule has 1 atom stereocenters. The summed E-state index contributed by atoms with van der Waals surface area (Å²) < 4.78 is 26.2. The maximum absolute atomic E-state index is 12.8. The Morgan fingerprint density at radius 2 is 1.55 bits per heavy atom. The fraction of sp³-hybridized carbons (Fsp3) is 0.296. The number of sulfonamides is 1. The minimum Gasteiger partial charge on any atom is -0.346 e.